The molecule has 2 aliphatic rings. The average Bonchev–Trinajstić information content (AvgIpc) is 2.62. The summed E-state index contributed by atoms with van der Waals surface area (Å²) in [6.45, 7) is 4.80. The van der Waals surface area contributed by atoms with Crippen molar-refractivity contribution in [2.45, 2.75) is 38.6 Å². The van der Waals surface area contributed by atoms with Gasteiger partial charge in [-0.2, -0.15) is 0 Å². The number of hydrogen-bond acceptors (Lipinski definition) is 2. The lowest BCUT2D eigenvalue weighted by atomic mass is 9.89. The fourth-order valence-corrected chi connectivity index (χ4v) is 2.46. The van der Waals surface area contributed by atoms with Gasteiger partial charge in [-0.25, -0.2) is 0 Å². The summed E-state index contributed by atoms with van der Waals surface area (Å²) < 4.78 is 0. The molecule has 2 atom stereocenters. The maximum absolute atomic E-state index is 11.8. The van der Waals surface area contributed by atoms with E-state index in [9.17, 15) is 4.79 Å². The molecule has 1 aliphatic heterocycles. The highest BCUT2D eigenvalue weighted by molar-refractivity contribution is 6.09. The van der Waals surface area contributed by atoms with Gasteiger partial charge in [0.25, 0.3) is 5.91 Å². The van der Waals surface area contributed by atoms with Gasteiger partial charge in [-0.3, -0.25) is 15.1 Å². The number of aliphatic imine (C=N–C) groups is 1. The molecule has 2 rings (SSSR count). The van der Waals surface area contributed by atoms with E-state index >= 15 is 0 Å². The van der Waals surface area contributed by atoms with Gasteiger partial charge in [0, 0.05) is 6.54 Å². The molecule has 4 nitrogen and oxygen atoms in total. The molecule has 78 valence electrons. The van der Waals surface area contributed by atoms with Crippen molar-refractivity contribution >= 4 is 11.9 Å². The third-order valence-electron chi connectivity index (χ3n) is 3.34. The van der Waals surface area contributed by atoms with Gasteiger partial charge < -0.3 is 5.32 Å². The van der Waals surface area contributed by atoms with E-state index in [2.05, 4.69) is 22.5 Å². The maximum Gasteiger partial charge on any atom is 0.252 e. The second kappa shape index (κ2) is 3.26. The van der Waals surface area contributed by atoms with E-state index < -0.39 is 0 Å². The van der Waals surface area contributed by atoms with Gasteiger partial charge in [-0.05, 0) is 25.7 Å². The number of nitrogens with one attached hydrogen (secondary N) is 2. The molecule has 1 saturated heterocycles. The Morgan fingerprint density at radius 2 is 2.43 bits per heavy atom. The van der Waals surface area contributed by atoms with Crippen molar-refractivity contribution in [1.82, 2.24) is 10.6 Å². The van der Waals surface area contributed by atoms with Crippen LogP contribution in [0.4, 0.5) is 0 Å². The summed E-state index contributed by atoms with van der Waals surface area (Å²) in [7, 11) is 0. The van der Waals surface area contributed by atoms with E-state index in [1.807, 2.05) is 6.92 Å². The van der Waals surface area contributed by atoms with Crippen molar-refractivity contribution in [3.8, 4) is 0 Å². The smallest absolute Gasteiger partial charge is 0.252 e. The van der Waals surface area contributed by atoms with E-state index in [0.29, 0.717) is 18.4 Å². The summed E-state index contributed by atoms with van der Waals surface area (Å²) in [5, 5.41) is 6.07. The molecule has 4 heteroatoms. The highest BCUT2D eigenvalue weighted by Crippen LogP contribution is 2.37. The summed E-state index contributed by atoms with van der Waals surface area (Å²) in [5.41, 5.74) is -0.353. The van der Waals surface area contributed by atoms with Gasteiger partial charge >= 0.3 is 0 Å². The van der Waals surface area contributed by atoms with Crippen LogP contribution in [0.3, 0.4) is 0 Å². The van der Waals surface area contributed by atoms with Gasteiger partial charge in [0.05, 0.1) is 0 Å². The molecule has 1 saturated carbocycles. The van der Waals surface area contributed by atoms with E-state index in [0.717, 1.165) is 19.3 Å². The fraction of sp³-hybridized carbons (Fsp3) is 0.800. The van der Waals surface area contributed by atoms with Crippen molar-refractivity contribution in [2.75, 3.05) is 6.54 Å². The first-order valence-electron chi connectivity index (χ1n) is 5.33. The Labute approximate surface area is 84.2 Å². The predicted octanol–water partition coefficient (Wildman–Crippen LogP) is 0.640. The molecule has 2 fully saturated rings. The van der Waals surface area contributed by atoms with Gasteiger partial charge in [-0.15, -0.1) is 0 Å². The van der Waals surface area contributed by atoms with Gasteiger partial charge in [0.1, 0.15) is 5.54 Å². The van der Waals surface area contributed by atoms with Crippen LogP contribution >= 0.6 is 0 Å². The summed E-state index contributed by atoms with van der Waals surface area (Å²) in [4.78, 5) is 16.0. The van der Waals surface area contributed by atoms with Crippen LogP contribution in [0.5, 0.6) is 0 Å². The van der Waals surface area contributed by atoms with E-state index in [1.54, 1.807) is 0 Å². The Balaban J connectivity index is 2.22. The number of hydrogen-bond donors (Lipinski definition) is 2. The average molecular weight is 195 g/mol. The zero-order chi connectivity index (χ0) is 10.2. The highest BCUT2D eigenvalue weighted by atomic mass is 16.2. The normalized spacial score (nSPS) is 39.1. The third kappa shape index (κ3) is 1.21. The van der Waals surface area contributed by atoms with Crippen molar-refractivity contribution < 1.29 is 4.79 Å². The zero-order valence-electron chi connectivity index (χ0n) is 8.76. The molecular formula is C10H17N3O. The second-order valence-corrected chi connectivity index (χ2v) is 4.17. The maximum atomic E-state index is 11.8. The number of guanidine groups is 1. The van der Waals surface area contributed by atoms with Crippen LogP contribution in [-0.2, 0) is 4.79 Å². The minimum atomic E-state index is -0.353. The van der Waals surface area contributed by atoms with Crippen LogP contribution in [-0.4, -0.2) is 24.0 Å². The number of carbonyl (C=O) groups excluding carboxylic acids is 1. The van der Waals surface area contributed by atoms with Crippen molar-refractivity contribution in [2.24, 2.45) is 10.9 Å². The lowest BCUT2D eigenvalue weighted by Crippen LogP contribution is -2.49. The van der Waals surface area contributed by atoms with Crippen LogP contribution < -0.4 is 10.6 Å². The largest absolute Gasteiger partial charge is 0.341 e. The van der Waals surface area contributed by atoms with Gasteiger partial charge in [0.15, 0.2) is 5.96 Å². The molecule has 14 heavy (non-hydrogen) atoms. The monoisotopic (exact) mass is 195 g/mol. The van der Waals surface area contributed by atoms with E-state index in [-0.39, 0.29) is 11.4 Å². The Morgan fingerprint density at radius 1 is 1.64 bits per heavy atom. The van der Waals surface area contributed by atoms with Crippen LogP contribution in [0.2, 0.25) is 0 Å². The van der Waals surface area contributed by atoms with Crippen molar-refractivity contribution in [1.29, 1.82) is 0 Å². The molecule has 1 spiro atoms. The molecule has 0 radical (unpaired) electrons. The molecule has 1 amide bonds. The lowest BCUT2D eigenvalue weighted by molar-refractivity contribution is -0.124. The standard InChI is InChI=1S/C10H17N3O/c1-3-11-9-12-8(14)10(13-9)6-4-5-7(10)2/h7H,3-6H2,1-2H3,(H2,11,12,13,14). The number of amides is 1. The second-order valence-electron chi connectivity index (χ2n) is 4.17. The molecule has 0 aromatic heterocycles. The van der Waals surface area contributed by atoms with Crippen molar-refractivity contribution in [3.63, 3.8) is 0 Å². The summed E-state index contributed by atoms with van der Waals surface area (Å²) in [6, 6.07) is 0. The SMILES string of the molecule is CCN=C1NC(=O)C2(CCCC2C)N1. The number of carbonyl (C=O) groups is 1. The quantitative estimate of drug-likeness (QED) is 0.645. The Bertz CT molecular complexity index is 287. The van der Waals surface area contributed by atoms with Gasteiger partial charge in [-0.1, -0.05) is 13.3 Å². The minimum absolute atomic E-state index is 0.106. The molecule has 0 aromatic rings. The number of nitrogens with zero attached hydrogens (tertiary/aromatic N) is 1. The molecule has 1 heterocycles. The number of rotatable bonds is 1. The third-order valence-corrected chi connectivity index (χ3v) is 3.34. The fourth-order valence-electron chi connectivity index (χ4n) is 2.46. The van der Waals surface area contributed by atoms with E-state index in [4.69, 9.17) is 0 Å². The first kappa shape index (κ1) is 9.49. The molecule has 0 aromatic carbocycles. The first-order chi connectivity index (χ1) is 6.69. The molecule has 2 N–H and O–H groups in total. The summed E-state index contributed by atoms with van der Waals surface area (Å²) in [5.74, 6) is 1.17. The lowest BCUT2D eigenvalue weighted by Gasteiger charge is -2.25. The van der Waals surface area contributed by atoms with Crippen LogP contribution in [0.1, 0.15) is 33.1 Å². The Kier molecular flexibility index (Phi) is 2.21. The van der Waals surface area contributed by atoms with Crippen molar-refractivity contribution in [3.05, 3.63) is 0 Å². The van der Waals surface area contributed by atoms with E-state index in [1.165, 1.54) is 0 Å². The van der Waals surface area contributed by atoms with Crippen LogP contribution in [0.25, 0.3) is 0 Å². The molecule has 2 unspecified atom stereocenters. The molecular weight excluding hydrogens is 178 g/mol. The summed E-state index contributed by atoms with van der Waals surface area (Å²) in [6.07, 6.45) is 3.18. The highest BCUT2D eigenvalue weighted by Gasteiger charge is 2.51. The van der Waals surface area contributed by atoms with Crippen LogP contribution in [0, 0.1) is 5.92 Å². The van der Waals surface area contributed by atoms with Gasteiger partial charge in [0.2, 0.25) is 0 Å². The Hall–Kier alpha value is -1.06. The summed E-state index contributed by atoms with van der Waals surface area (Å²) >= 11 is 0. The minimum Gasteiger partial charge on any atom is -0.341 e. The zero-order valence-corrected chi connectivity index (χ0v) is 8.76. The molecule has 1 aliphatic carbocycles. The first-order valence-corrected chi connectivity index (χ1v) is 5.33. The molecule has 0 bridgehead atoms. The van der Waals surface area contributed by atoms with Crippen LogP contribution in [0.15, 0.2) is 4.99 Å². The Morgan fingerprint density at radius 3 is 3.00 bits per heavy atom. The predicted molar refractivity (Wildman–Crippen MR) is 55.0 cm³/mol. The topological polar surface area (TPSA) is 53.5 Å².